The molecule has 1 amide bonds. The predicted molar refractivity (Wildman–Crippen MR) is 547 cm³/mol. The summed E-state index contributed by atoms with van der Waals surface area (Å²) >= 11 is 11.4. The van der Waals surface area contributed by atoms with Crippen LogP contribution in [0.4, 0.5) is 32.2 Å². The van der Waals surface area contributed by atoms with E-state index in [1.54, 1.807) is 84.9 Å². The number of anilines is 1. The number of hydrogen-bond acceptors (Lipinski definition) is 20. The maximum Gasteiger partial charge on any atom is 0.397 e. The van der Waals surface area contributed by atoms with Crippen LogP contribution in [0.15, 0.2) is 207 Å². The largest absolute Gasteiger partial charge is 0.478 e. The van der Waals surface area contributed by atoms with Gasteiger partial charge in [-0.15, -0.1) is 10.2 Å². The number of carboxylic acid groups (broad SMARTS) is 1. The maximum absolute atomic E-state index is 13.7. The van der Waals surface area contributed by atoms with Gasteiger partial charge in [-0.2, -0.15) is 37.4 Å². The molecular formula is C93H136Cl3F6N11O15S5Si4. The Labute approximate surface area is 825 Å². The lowest BCUT2D eigenvalue weighted by atomic mass is 9.94. The molecule has 0 saturated carbocycles. The van der Waals surface area contributed by atoms with Crippen molar-refractivity contribution >= 4 is 147 Å². The quantitative estimate of drug-likeness (QED) is 0.0138. The molecule has 762 valence electrons. The molecule has 0 radical (unpaired) electrons. The Balaban J connectivity index is 0.000000357. The molecule has 6 heterocycles. The molecule has 26 nitrogen and oxygen atoms in total. The lowest BCUT2D eigenvalue weighted by Gasteiger charge is -2.34. The van der Waals surface area contributed by atoms with Crippen LogP contribution in [0.2, 0.25) is 83.7 Å². The van der Waals surface area contributed by atoms with Crippen molar-refractivity contribution in [3.05, 3.63) is 199 Å². The molecule has 2 aliphatic heterocycles. The van der Waals surface area contributed by atoms with E-state index in [0.717, 1.165) is 50.4 Å². The number of aromatic carboxylic acids is 1. The Morgan fingerprint density at radius 2 is 0.905 bits per heavy atom. The van der Waals surface area contributed by atoms with Crippen LogP contribution in [0.1, 0.15) is 144 Å². The van der Waals surface area contributed by atoms with Crippen LogP contribution in [0.5, 0.6) is 11.8 Å². The minimum absolute atomic E-state index is 0.0187. The number of amides is 1. The molecule has 4 aromatic heterocycles. The SMILES string of the molecule is CC(C)(C)CS(=O)(=O)c1ccccc1[Si](C)(C)C.CC(C)(C)NS(=O)(=O)c1ccccc1.CC(C)(COc1ccn(-c2ccc(C(=O)O)c(Cl)n2)n1)C(F)(F)F.C[C@@H]1CN(c2nc(-n3ccc(OCC(C)(C)C(F)(F)F)n3)ccc2C(=O)NS(=O)(=O)c2ccccc2[Si](C)(C)C)C(C)(C)C1.C[C@@H]1CNC(C)(C)C1.C[Si](C)(C)Cl.C[Si](C)(C)c1ccccc1S(N)(=O)=O.O=S(=O)(Cl)c1ccccc1. The van der Waals surface area contributed by atoms with Crippen LogP contribution >= 0.6 is 33.4 Å². The predicted octanol–water partition coefficient (Wildman–Crippen LogP) is 19.9. The van der Waals surface area contributed by atoms with Gasteiger partial charge in [0.1, 0.15) is 31.6 Å². The summed E-state index contributed by atoms with van der Waals surface area (Å²) in [5, 5.41) is 28.1. The van der Waals surface area contributed by atoms with E-state index in [4.69, 9.17) is 58.1 Å². The van der Waals surface area contributed by atoms with Crippen molar-refractivity contribution in [1.82, 2.24) is 44.3 Å². The molecule has 2 atom stereocenters. The number of alkyl halides is 6. The molecule has 9 aromatic rings. The fourth-order valence-electron chi connectivity index (χ4n) is 13.3. The second kappa shape index (κ2) is 47.3. The average molecular weight is 2140 g/mol. The van der Waals surface area contributed by atoms with Gasteiger partial charge in [0.15, 0.2) is 21.5 Å². The fourth-order valence-corrected chi connectivity index (χ4v) is 27.8. The van der Waals surface area contributed by atoms with Crippen molar-refractivity contribution in [1.29, 1.82) is 0 Å². The number of benzene rings is 5. The van der Waals surface area contributed by atoms with Gasteiger partial charge in [0.25, 0.3) is 25.0 Å². The van der Waals surface area contributed by atoms with Crippen molar-refractivity contribution < 1.29 is 92.6 Å². The Bertz CT molecular complexity index is 6150. The minimum atomic E-state index is -4.45. The summed E-state index contributed by atoms with van der Waals surface area (Å²) in [4.78, 5) is 36.5. The van der Waals surface area contributed by atoms with Gasteiger partial charge < -0.3 is 24.8 Å². The first-order chi connectivity index (χ1) is 61.8. The molecule has 0 bridgehead atoms. The average Bonchev–Trinajstić information content (AvgIpc) is 1.68. The number of primary sulfonamides is 1. The van der Waals surface area contributed by atoms with Gasteiger partial charge in [-0.05, 0) is 195 Å². The number of carbonyl (C=O) groups excluding carboxylic acids is 1. The van der Waals surface area contributed by atoms with E-state index in [-0.39, 0.29) is 77.3 Å². The van der Waals surface area contributed by atoms with Crippen LogP contribution in [-0.4, -0.2) is 181 Å². The van der Waals surface area contributed by atoms with Crippen molar-refractivity contribution in [2.45, 2.75) is 256 Å². The third-order valence-corrected chi connectivity index (χ3v) is 34.7. The first-order valence-electron chi connectivity index (χ1n) is 43.7. The normalized spacial score (nSPS) is 15.5. The van der Waals surface area contributed by atoms with Crippen LogP contribution in [0.3, 0.4) is 0 Å². The van der Waals surface area contributed by atoms with Crippen LogP contribution in [0.25, 0.3) is 11.6 Å². The summed E-state index contributed by atoms with van der Waals surface area (Å²) in [5.41, 5.74) is -4.85. The highest BCUT2D eigenvalue weighted by Crippen LogP contribution is 2.41. The second-order valence-corrected chi connectivity index (χ2v) is 74.6. The Morgan fingerprint density at radius 1 is 0.526 bits per heavy atom. The monoisotopic (exact) mass is 2140 g/mol. The van der Waals surface area contributed by atoms with Gasteiger partial charge in [-0.1, -0.05) is 216 Å². The van der Waals surface area contributed by atoms with E-state index < -0.39 is 140 Å². The third kappa shape index (κ3) is 39.8. The number of nitrogens with zero attached hydrogens (tertiary/aromatic N) is 7. The van der Waals surface area contributed by atoms with Crippen molar-refractivity contribution in [2.24, 2.45) is 33.2 Å². The number of hydrogen-bond donors (Lipinski definition) is 5. The minimum Gasteiger partial charge on any atom is -0.478 e. The highest BCUT2D eigenvalue weighted by molar-refractivity contribution is 8.13. The highest BCUT2D eigenvalue weighted by Gasteiger charge is 2.50. The van der Waals surface area contributed by atoms with E-state index in [2.05, 4.69) is 117 Å². The number of nitrogens with one attached hydrogen (secondary N) is 3. The van der Waals surface area contributed by atoms with Crippen molar-refractivity contribution in [3.63, 3.8) is 0 Å². The number of carbonyl (C=O) groups is 2. The molecule has 0 spiro atoms. The first-order valence-corrected chi connectivity index (χ1v) is 67.5. The lowest BCUT2D eigenvalue weighted by Crippen LogP contribution is -2.44. The van der Waals surface area contributed by atoms with Gasteiger partial charge in [-0.3, -0.25) is 4.79 Å². The molecule has 0 aliphatic carbocycles. The van der Waals surface area contributed by atoms with Crippen LogP contribution in [0, 0.1) is 28.1 Å². The van der Waals surface area contributed by atoms with E-state index in [9.17, 15) is 78.0 Å². The summed E-state index contributed by atoms with van der Waals surface area (Å²) in [6.45, 7) is 54.2. The van der Waals surface area contributed by atoms with E-state index >= 15 is 0 Å². The molecule has 6 N–H and O–H groups in total. The van der Waals surface area contributed by atoms with Crippen molar-refractivity contribution in [2.75, 3.05) is 37.0 Å². The smallest absolute Gasteiger partial charge is 0.397 e. The molecule has 44 heteroatoms. The number of sulfonamides is 3. The summed E-state index contributed by atoms with van der Waals surface area (Å²) in [7, 11) is -19.4. The molecule has 2 saturated heterocycles. The summed E-state index contributed by atoms with van der Waals surface area (Å²) in [6.07, 6.45) is -3.81. The maximum atomic E-state index is 13.7. The topological polar surface area (TPSA) is 370 Å². The number of sulfone groups is 1. The summed E-state index contributed by atoms with van der Waals surface area (Å²) in [6, 6.07) is 45.8. The van der Waals surface area contributed by atoms with Crippen molar-refractivity contribution in [3.8, 4) is 23.4 Å². The Morgan fingerprint density at radius 3 is 1.23 bits per heavy atom. The third-order valence-electron chi connectivity index (χ3n) is 20.0. The summed E-state index contributed by atoms with van der Waals surface area (Å²) in [5.74, 6) is 0.0313. The Kier molecular flexibility index (Phi) is 41.9. The highest BCUT2D eigenvalue weighted by atomic mass is 35.7. The number of rotatable bonds is 22. The number of carboxylic acids is 1. The van der Waals surface area contributed by atoms with Gasteiger partial charge in [0.2, 0.25) is 31.8 Å². The van der Waals surface area contributed by atoms with Crippen LogP contribution in [-0.2, 0) is 49.0 Å². The van der Waals surface area contributed by atoms with E-state index in [1.165, 1.54) is 89.3 Å². The molecule has 11 rings (SSSR count). The fraction of sp³-hybridized carbons (Fsp3) is 0.484. The van der Waals surface area contributed by atoms with Gasteiger partial charge in [-0.25, -0.2) is 80.8 Å². The number of pyridine rings is 2. The number of aromatic nitrogens is 6. The molecule has 0 unspecified atom stereocenters. The zero-order valence-electron chi connectivity index (χ0n) is 83.2. The number of ether oxygens (including phenoxy) is 2. The molecule has 137 heavy (non-hydrogen) atoms. The first kappa shape index (κ1) is 121. The van der Waals surface area contributed by atoms with Gasteiger partial charge in [0, 0.05) is 58.4 Å². The zero-order valence-corrected chi connectivity index (χ0v) is 93.6. The number of halogens is 9. The molecule has 2 fully saturated rings. The Hall–Kier alpha value is -7.89. The van der Waals surface area contributed by atoms with Crippen LogP contribution < -0.4 is 49.8 Å². The summed E-state index contributed by atoms with van der Waals surface area (Å²) < 4.78 is 215. The second-order valence-electron chi connectivity index (χ2n) is 42.2. The van der Waals surface area contributed by atoms with E-state index in [1.807, 2.05) is 110 Å². The standard InChI is InChI=1S/C30H40F3N5O4SSi.C14H13ClF3N3O3.C14H24O2SSi.C10H15NO2S.C9H15NO2SSi.C7H15N.C6H5ClO2S.C3H9ClSi/c1-20-17-29(4,5)37(18-20)26-21(27(39)36-43(40,41)22-11-9-10-12-23(22)44(6,7)8)13-14-24(34-26)38-16-15-25(35-38)42-19-28(2,3)30(31,32)33;1-13(2,14(16,17)18)7-24-10-5-6-21(20-10)9-4-3-8(12(22)23)11(15)19-9;1-14(2,3)11-17(15,16)12-9-7-8-10-13(12)18(4,5)6;1-10(2,3)11-14(12,13)9-7-5-4-6-8-9;1-14(2,3)9-7-5-4-6-8(9)13(10,11)12;1-6-4-7(2,3)8-5-6;7-10(8,9)6-4-2-1-3-5-6;1-5(2,3)4/h9-16,20H,17-19H2,1-8H3,(H,36,39);3-6H,7H2,1-2H3,(H,22,23);7-10H,11H2,1-6H3;4-8,11H,1-3H3;4-7H,1-3H3,(H2,10,11,12);6,8H,4-5H2,1-3H3;1-5H;1-3H3/t20-;;;;;6-;;/m0....0../s1. The molecular weight excluding hydrogens is 2000 g/mol. The molecule has 2 aliphatic rings. The molecule has 5 aromatic carbocycles. The van der Waals surface area contributed by atoms with Gasteiger partial charge >= 0.3 is 18.3 Å². The zero-order chi connectivity index (χ0) is 105. The van der Waals surface area contributed by atoms with E-state index in [0.29, 0.717) is 27.1 Å². The lowest BCUT2D eigenvalue weighted by molar-refractivity contribution is -0.220. The number of nitrogens with two attached hydrogens (primary N) is 1. The van der Waals surface area contributed by atoms with Gasteiger partial charge in [0.05, 0.1) is 76.4 Å².